The Morgan fingerprint density at radius 2 is 2.00 bits per heavy atom. The Kier molecular flexibility index (Phi) is 4.20. The van der Waals surface area contributed by atoms with Crippen molar-refractivity contribution >= 4 is 5.82 Å². The summed E-state index contributed by atoms with van der Waals surface area (Å²) in [5, 5.41) is 11.9. The molecule has 2 rings (SSSR count). The predicted octanol–water partition coefficient (Wildman–Crippen LogP) is 2.84. The van der Waals surface area contributed by atoms with Crippen LogP contribution in [0.1, 0.15) is 24.1 Å². The number of hydrogen-bond donors (Lipinski definition) is 1. The Balaban J connectivity index is 2.07. The van der Waals surface area contributed by atoms with Crippen LogP contribution in [0.4, 0.5) is 14.6 Å². The summed E-state index contributed by atoms with van der Waals surface area (Å²) in [4.78, 5) is 7.89. The standard InChI is InChI=1S/C14H12F2N4/c1-9(10-2-3-11(15)12(16)6-10)8-20-14-13(7-17)18-4-5-19-14/h2-6,9H,8H2,1H3,(H,19,20)/t9-/m1/s1. The van der Waals surface area contributed by atoms with Crippen LogP contribution in [0.3, 0.4) is 0 Å². The Bertz CT molecular complexity index is 652. The zero-order valence-electron chi connectivity index (χ0n) is 10.8. The lowest BCUT2D eigenvalue weighted by molar-refractivity contribution is 0.506. The van der Waals surface area contributed by atoms with E-state index in [4.69, 9.17) is 5.26 Å². The van der Waals surface area contributed by atoms with E-state index in [0.717, 1.165) is 6.07 Å². The molecule has 102 valence electrons. The second-order valence-corrected chi connectivity index (χ2v) is 4.32. The lowest BCUT2D eigenvalue weighted by Crippen LogP contribution is -2.12. The maximum atomic E-state index is 13.2. The lowest BCUT2D eigenvalue weighted by Gasteiger charge is -2.14. The van der Waals surface area contributed by atoms with Crippen molar-refractivity contribution in [1.82, 2.24) is 9.97 Å². The molecule has 0 radical (unpaired) electrons. The zero-order valence-corrected chi connectivity index (χ0v) is 10.8. The molecule has 0 saturated heterocycles. The zero-order chi connectivity index (χ0) is 14.5. The summed E-state index contributed by atoms with van der Waals surface area (Å²) in [5.74, 6) is -1.43. The van der Waals surface area contributed by atoms with E-state index in [-0.39, 0.29) is 11.6 Å². The summed E-state index contributed by atoms with van der Waals surface area (Å²) in [6.45, 7) is 2.29. The highest BCUT2D eigenvalue weighted by molar-refractivity contribution is 5.47. The van der Waals surface area contributed by atoms with Crippen molar-refractivity contribution in [1.29, 1.82) is 5.26 Å². The molecule has 0 amide bonds. The normalized spacial score (nSPS) is 11.7. The Hall–Kier alpha value is -2.55. The molecule has 20 heavy (non-hydrogen) atoms. The summed E-state index contributed by atoms with van der Waals surface area (Å²) < 4.78 is 26.0. The van der Waals surface area contributed by atoms with Gasteiger partial charge in [0.15, 0.2) is 23.1 Å². The molecular weight excluding hydrogens is 262 g/mol. The van der Waals surface area contributed by atoms with Crippen molar-refractivity contribution in [2.75, 3.05) is 11.9 Å². The summed E-state index contributed by atoms with van der Waals surface area (Å²) in [7, 11) is 0. The molecule has 2 aromatic rings. The third-order valence-corrected chi connectivity index (χ3v) is 2.89. The molecule has 1 aromatic heterocycles. The largest absolute Gasteiger partial charge is 0.367 e. The molecule has 0 spiro atoms. The smallest absolute Gasteiger partial charge is 0.182 e. The predicted molar refractivity (Wildman–Crippen MR) is 70.0 cm³/mol. The number of nitrogens with one attached hydrogen (secondary N) is 1. The highest BCUT2D eigenvalue weighted by atomic mass is 19.2. The number of hydrogen-bond acceptors (Lipinski definition) is 4. The molecule has 0 aliphatic heterocycles. The fourth-order valence-corrected chi connectivity index (χ4v) is 1.74. The summed E-state index contributed by atoms with van der Waals surface area (Å²) in [6.07, 6.45) is 2.91. The van der Waals surface area contributed by atoms with Gasteiger partial charge in [-0.15, -0.1) is 0 Å². The summed E-state index contributed by atoms with van der Waals surface area (Å²) in [6, 6.07) is 5.74. The van der Waals surface area contributed by atoms with Crippen LogP contribution in [0.2, 0.25) is 0 Å². The van der Waals surface area contributed by atoms with Gasteiger partial charge in [0, 0.05) is 18.9 Å². The first-order valence-electron chi connectivity index (χ1n) is 6.01. The second-order valence-electron chi connectivity index (χ2n) is 4.32. The number of aromatic nitrogens is 2. The van der Waals surface area contributed by atoms with Gasteiger partial charge in [-0.1, -0.05) is 13.0 Å². The molecule has 1 N–H and O–H groups in total. The lowest BCUT2D eigenvalue weighted by atomic mass is 10.0. The average Bonchev–Trinajstić information content (AvgIpc) is 2.47. The van der Waals surface area contributed by atoms with Gasteiger partial charge in [0.05, 0.1) is 0 Å². The van der Waals surface area contributed by atoms with E-state index in [2.05, 4.69) is 15.3 Å². The highest BCUT2D eigenvalue weighted by Gasteiger charge is 2.11. The fraction of sp³-hybridized carbons (Fsp3) is 0.214. The number of rotatable bonds is 4. The molecule has 0 unspecified atom stereocenters. The average molecular weight is 274 g/mol. The maximum absolute atomic E-state index is 13.2. The van der Waals surface area contributed by atoms with Gasteiger partial charge in [0.2, 0.25) is 0 Å². The Morgan fingerprint density at radius 1 is 1.25 bits per heavy atom. The van der Waals surface area contributed by atoms with Crippen LogP contribution in [0.15, 0.2) is 30.6 Å². The van der Waals surface area contributed by atoms with E-state index in [1.54, 1.807) is 0 Å². The van der Waals surface area contributed by atoms with Crippen molar-refractivity contribution in [2.24, 2.45) is 0 Å². The van der Waals surface area contributed by atoms with Gasteiger partial charge in [-0.3, -0.25) is 0 Å². The van der Waals surface area contributed by atoms with Crippen LogP contribution in [-0.4, -0.2) is 16.5 Å². The molecule has 1 atom stereocenters. The molecule has 0 saturated carbocycles. The molecular formula is C14H12F2N4. The van der Waals surface area contributed by atoms with E-state index >= 15 is 0 Å². The second kappa shape index (κ2) is 6.06. The van der Waals surface area contributed by atoms with Gasteiger partial charge in [-0.25, -0.2) is 18.7 Å². The van der Waals surface area contributed by atoms with E-state index in [1.807, 2.05) is 13.0 Å². The number of anilines is 1. The van der Waals surface area contributed by atoms with Crippen LogP contribution >= 0.6 is 0 Å². The molecule has 4 nitrogen and oxygen atoms in total. The summed E-state index contributed by atoms with van der Waals surface area (Å²) >= 11 is 0. The molecule has 0 aliphatic carbocycles. The van der Waals surface area contributed by atoms with E-state index in [0.29, 0.717) is 17.9 Å². The number of nitriles is 1. The van der Waals surface area contributed by atoms with Crippen molar-refractivity contribution < 1.29 is 8.78 Å². The van der Waals surface area contributed by atoms with Crippen LogP contribution in [0, 0.1) is 23.0 Å². The van der Waals surface area contributed by atoms with Gasteiger partial charge in [0.1, 0.15) is 6.07 Å². The Morgan fingerprint density at radius 3 is 2.70 bits per heavy atom. The van der Waals surface area contributed by atoms with Crippen LogP contribution < -0.4 is 5.32 Å². The van der Waals surface area contributed by atoms with Crippen molar-refractivity contribution in [3.8, 4) is 6.07 Å². The van der Waals surface area contributed by atoms with Gasteiger partial charge >= 0.3 is 0 Å². The molecule has 0 fully saturated rings. The first kappa shape index (κ1) is 13.9. The first-order valence-corrected chi connectivity index (χ1v) is 6.01. The SMILES string of the molecule is C[C@H](CNc1nccnc1C#N)c1ccc(F)c(F)c1. The molecule has 0 aliphatic rings. The van der Waals surface area contributed by atoms with Gasteiger partial charge in [-0.2, -0.15) is 5.26 Å². The fourth-order valence-electron chi connectivity index (χ4n) is 1.74. The third kappa shape index (κ3) is 3.06. The van der Waals surface area contributed by atoms with Crippen LogP contribution in [-0.2, 0) is 0 Å². The van der Waals surface area contributed by atoms with E-state index in [1.165, 1.54) is 24.5 Å². The number of benzene rings is 1. The van der Waals surface area contributed by atoms with E-state index < -0.39 is 11.6 Å². The number of halogens is 2. The maximum Gasteiger partial charge on any atom is 0.182 e. The van der Waals surface area contributed by atoms with Gasteiger partial charge in [-0.05, 0) is 23.6 Å². The number of nitrogens with zero attached hydrogens (tertiary/aromatic N) is 3. The van der Waals surface area contributed by atoms with Crippen LogP contribution in [0.5, 0.6) is 0 Å². The van der Waals surface area contributed by atoms with Gasteiger partial charge < -0.3 is 5.32 Å². The minimum absolute atomic E-state index is 0.0707. The first-order chi connectivity index (χ1) is 9.61. The van der Waals surface area contributed by atoms with Gasteiger partial charge in [0.25, 0.3) is 0 Å². The monoisotopic (exact) mass is 274 g/mol. The molecule has 6 heteroatoms. The minimum atomic E-state index is -0.869. The third-order valence-electron chi connectivity index (χ3n) is 2.89. The van der Waals surface area contributed by atoms with Crippen LogP contribution in [0.25, 0.3) is 0 Å². The van der Waals surface area contributed by atoms with Crippen molar-refractivity contribution in [3.05, 3.63) is 53.5 Å². The quantitative estimate of drug-likeness (QED) is 0.931. The Labute approximate surface area is 115 Å². The highest BCUT2D eigenvalue weighted by Crippen LogP contribution is 2.19. The molecule has 1 aromatic carbocycles. The molecule has 0 bridgehead atoms. The topological polar surface area (TPSA) is 61.6 Å². The van der Waals surface area contributed by atoms with E-state index in [9.17, 15) is 8.78 Å². The van der Waals surface area contributed by atoms with Crippen molar-refractivity contribution in [2.45, 2.75) is 12.8 Å². The molecule has 1 heterocycles. The summed E-state index contributed by atoms with van der Waals surface area (Å²) in [5.41, 5.74) is 0.865. The van der Waals surface area contributed by atoms with Crippen molar-refractivity contribution in [3.63, 3.8) is 0 Å². The minimum Gasteiger partial charge on any atom is -0.367 e.